The molecule has 5 nitrogen and oxygen atoms in total. The topological polar surface area (TPSA) is 60.5 Å². The summed E-state index contributed by atoms with van der Waals surface area (Å²) < 4.78 is 10.5. The second kappa shape index (κ2) is 8.33. The molecular weight excluding hydrogens is 368 g/mol. The zero-order chi connectivity index (χ0) is 18.5. The summed E-state index contributed by atoms with van der Waals surface area (Å²) in [4.78, 5) is 19.3. The summed E-state index contributed by atoms with van der Waals surface area (Å²) in [5.41, 5.74) is 1.60. The zero-order valence-electron chi connectivity index (χ0n) is 14.9. The smallest absolute Gasteiger partial charge is 0.224 e. The van der Waals surface area contributed by atoms with E-state index in [4.69, 9.17) is 9.47 Å². The minimum atomic E-state index is -0.0697. The highest BCUT2D eigenvalue weighted by Crippen LogP contribution is 2.32. The predicted octanol–water partition coefficient (Wildman–Crippen LogP) is 4.77. The third kappa shape index (κ3) is 4.23. The van der Waals surface area contributed by atoms with Gasteiger partial charge in [-0.15, -0.1) is 22.7 Å². The molecule has 0 bridgehead atoms. The van der Waals surface area contributed by atoms with Crippen LogP contribution in [0.2, 0.25) is 0 Å². The van der Waals surface area contributed by atoms with Gasteiger partial charge in [-0.3, -0.25) is 4.79 Å². The number of thiazole rings is 1. The number of amides is 1. The monoisotopic (exact) mass is 388 g/mol. The Morgan fingerprint density at radius 3 is 2.77 bits per heavy atom. The Morgan fingerprint density at radius 1 is 1.23 bits per heavy atom. The van der Waals surface area contributed by atoms with E-state index in [9.17, 15) is 4.79 Å². The number of ether oxygens (including phenoxy) is 2. The van der Waals surface area contributed by atoms with Crippen molar-refractivity contribution in [2.45, 2.75) is 19.8 Å². The van der Waals surface area contributed by atoms with Crippen molar-refractivity contribution in [1.29, 1.82) is 0 Å². The molecule has 2 aromatic heterocycles. The number of anilines is 1. The Bertz CT molecular complexity index is 888. The van der Waals surface area contributed by atoms with E-state index in [-0.39, 0.29) is 5.91 Å². The van der Waals surface area contributed by atoms with Crippen LogP contribution < -0.4 is 14.8 Å². The van der Waals surface area contributed by atoms with Gasteiger partial charge in [0.15, 0.2) is 0 Å². The third-order valence-electron chi connectivity index (χ3n) is 3.82. The maximum atomic E-state index is 12.4. The lowest BCUT2D eigenvalue weighted by Crippen LogP contribution is -2.13. The van der Waals surface area contributed by atoms with Crippen molar-refractivity contribution in [3.63, 3.8) is 0 Å². The predicted molar refractivity (Wildman–Crippen MR) is 107 cm³/mol. The number of nitrogens with one attached hydrogen (secondary N) is 1. The summed E-state index contributed by atoms with van der Waals surface area (Å²) >= 11 is 3.31. The standard InChI is InChI=1S/C19H20N2O3S2/c1-12-20-19(16-5-4-10-25-16)17(26-12)8-9-18(22)21-14-11-13(23-2)6-7-15(14)24-3/h4-7,10-11H,8-9H2,1-3H3,(H,21,22). The molecule has 0 atom stereocenters. The van der Waals surface area contributed by atoms with Crippen LogP contribution >= 0.6 is 22.7 Å². The highest BCUT2D eigenvalue weighted by Gasteiger charge is 2.15. The molecule has 26 heavy (non-hydrogen) atoms. The second-order valence-electron chi connectivity index (χ2n) is 5.60. The lowest BCUT2D eigenvalue weighted by Gasteiger charge is -2.11. The second-order valence-corrected chi connectivity index (χ2v) is 7.83. The van der Waals surface area contributed by atoms with Crippen LogP contribution in [0.4, 0.5) is 5.69 Å². The molecule has 0 aliphatic carbocycles. The average Bonchev–Trinajstić information content (AvgIpc) is 3.29. The normalized spacial score (nSPS) is 10.6. The van der Waals surface area contributed by atoms with Gasteiger partial charge in [0.2, 0.25) is 5.91 Å². The molecule has 2 heterocycles. The Morgan fingerprint density at radius 2 is 2.08 bits per heavy atom. The molecule has 0 saturated carbocycles. The number of hydrogen-bond donors (Lipinski definition) is 1. The number of aromatic nitrogens is 1. The number of carbonyl (C=O) groups excluding carboxylic acids is 1. The van der Waals surface area contributed by atoms with E-state index in [1.54, 1.807) is 55.1 Å². The van der Waals surface area contributed by atoms with E-state index in [0.29, 0.717) is 30.0 Å². The lowest BCUT2D eigenvalue weighted by atomic mass is 10.2. The number of methoxy groups -OCH3 is 2. The van der Waals surface area contributed by atoms with Crippen LogP contribution in [0.25, 0.3) is 10.6 Å². The Kier molecular flexibility index (Phi) is 5.90. The Labute approximate surface area is 160 Å². The molecule has 0 aliphatic rings. The summed E-state index contributed by atoms with van der Waals surface area (Å²) in [6, 6.07) is 9.40. The number of benzene rings is 1. The van der Waals surface area contributed by atoms with Gasteiger partial charge in [0.05, 0.1) is 35.5 Å². The molecule has 0 unspecified atom stereocenters. The fourth-order valence-electron chi connectivity index (χ4n) is 2.60. The first-order chi connectivity index (χ1) is 12.6. The third-order valence-corrected chi connectivity index (χ3v) is 5.73. The largest absolute Gasteiger partial charge is 0.497 e. The van der Waals surface area contributed by atoms with E-state index >= 15 is 0 Å². The molecule has 1 amide bonds. The van der Waals surface area contributed by atoms with Crippen molar-refractivity contribution < 1.29 is 14.3 Å². The molecule has 136 valence electrons. The number of carbonyl (C=O) groups is 1. The van der Waals surface area contributed by atoms with Crippen molar-refractivity contribution in [3.05, 3.63) is 45.6 Å². The Hall–Kier alpha value is -2.38. The van der Waals surface area contributed by atoms with Crippen molar-refractivity contribution in [3.8, 4) is 22.1 Å². The fraction of sp³-hybridized carbons (Fsp3) is 0.263. The summed E-state index contributed by atoms with van der Waals surface area (Å²) in [5.74, 6) is 1.20. The molecule has 3 aromatic rings. The molecule has 0 aliphatic heterocycles. The van der Waals surface area contributed by atoms with Crippen LogP contribution in [0.3, 0.4) is 0 Å². The van der Waals surface area contributed by atoms with Gasteiger partial charge < -0.3 is 14.8 Å². The molecule has 1 aromatic carbocycles. The van der Waals surface area contributed by atoms with Gasteiger partial charge in [0, 0.05) is 17.4 Å². The number of nitrogens with zero attached hydrogens (tertiary/aromatic N) is 1. The highest BCUT2D eigenvalue weighted by molar-refractivity contribution is 7.15. The van der Waals surface area contributed by atoms with Crippen LogP contribution in [0.5, 0.6) is 11.5 Å². The SMILES string of the molecule is COc1ccc(OC)c(NC(=O)CCc2sc(C)nc2-c2cccs2)c1. The van der Waals surface area contributed by atoms with E-state index < -0.39 is 0 Å². The van der Waals surface area contributed by atoms with Gasteiger partial charge in [0.1, 0.15) is 11.5 Å². The first kappa shape index (κ1) is 18.4. The molecule has 0 fully saturated rings. The molecule has 0 spiro atoms. The van der Waals surface area contributed by atoms with Crippen LogP contribution in [0, 0.1) is 6.92 Å². The van der Waals surface area contributed by atoms with Gasteiger partial charge in [-0.25, -0.2) is 4.98 Å². The first-order valence-corrected chi connectivity index (χ1v) is 9.82. The van der Waals surface area contributed by atoms with Crippen LogP contribution in [-0.2, 0) is 11.2 Å². The molecule has 0 saturated heterocycles. The van der Waals surface area contributed by atoms with Gasteiger partial charge >= 0.3 is 0 Å². The van der Waals surface area contributed by atoms with Gasteiger partial charge in [0.25, 0.3) is 0 Å². The van der Waals surface area contributed by atoms with Crippen LogP contribution in [0.1, 0.15) is 16.3 Å². The molecule has 0 radical (unpaired) electrons. The minimum absolute atomic E-state index is 0.0697. The van der Waals surface area contributed by atoms with E-state index in [0.717, 1.165) is 20.5 Å². The molecule has 3 rings (SSSR count). The number of hydrogen-bond acceptors (Lipinski definition) is 6. The zero-order valence-corrected chi connectivity index (χ0v) is 16.5. The summed E-state index contributed by atoms with van der Waals surface area (Å²) in [6.07, 6.45) is 1.03. The van der Waals surface area contributed by atoms with Gasteiger partial charge in [-0.2, -0.15) is 0 Å². The molecular formula is C19H20N2O3S2. The van der Waals surface area contributed by atoms with E-state index in [1.807, 2.05) is 18.4 Å². The quantitative estimate of drug-likeness (QED) is 0.633. The maximum Gasteiger partial charge on any atom is 0.224 e. The van der Waals surface area contributed by atoms with Gasteiger partial charge in [-0.1, -0.05) is 6.07 Å². The number of thiophene rings is 1. The molecule has 7 heteroatoms. The number of rotatable bonds is 7. The van der Waals surface area contributed by atoms with E-state index in [2.05, 4.69) is 16.4 Å². The van der Waals surface area contributed by atoms with Crippen molar-refractivity contribution in [2.75, 3.05) is 19.5 Å². The van der Waals surface area contributed by atoms with Crippen molar-refractivity contribution in [1.82, 2.24) is 4.98 Å². The molecule has 1 N–H and O–H groups in total. The first-order valence-electron chi connectivity index (χ1n) is 8.12. The Balaban J connectivity index is 1.69. The van der Waals surface area contributed by atoms with Crippen LogP contribution in [0.15, 0.2) is 35.7 Å². The van der Waals surface area contributed by atoms with Crippen LogP contribution in [-0.4, -0.2) is 25.1 Å². The maximum absolute atomic E-state index is 12.4. The van der Waals surface area contributed by atoms with Crippen molar-refractivity contribution in [2.24, 2.45) is 0 Å². The van der Waals surface area contributed by atoms with Crippen molar-refractivity contribution >= 4 is 34.3 Å². The van der Waals surface area contributed by atoms with Gasteiger partial charge in [-0.05, 0) is 36.9 Å². The minimum Gasteiger partial charge on any atom is -0.497 e. The number of aryl methyl sites for hydroxylation is 2. The summed E-state index contributed by atoms with van der Waals surface area (Å²) in [7, 11) is 3.16. The highest BCUT2D eigenvalue weighted by atomic mass is 32.1. The van der Waals surface area contributed by atoms with E-state index in [1.165, 1.54) is 0 Å². The fourth-order valence-corrected chi connectivity index (χ4v) is 4.35. The average molecular weight is 389 g/mol. The summed E-state index contributed by atoms with van der Waals surface area (Å²) in [6.45, 7) is 1.99. The summed E-state index contributed by atoms with van der Waals surface area (Å²) in [5, 5.41) is 5.96. The lowest BCUT2D eigenvalue weighted by molar-refractivity contribution is -0.116.